The third-order valence-corrected chi connectivity index (χ3v) is 3.52. The Bertz CT molecular complexity index is 865. The first-order valence-corrected chi connectivity index (χ1v) is 8.13. The molecular weight excluding hydrogens is 330 g/mol. The summed E-state index contributed by atoms with van der Waals surface area (Å²) in [5.74, 6) is 2.20. The van der Waals surface area contributed by atoms with Gasteiger partial charge in [-0.1, -0.05) is 36.4 Å². The van der Waals surface area contributed by atoms with Crippen molar-refractivity contribution in [3.63, 3.8) is 0 Å². The van der Waals surface area contributed by atoms with Crippen LogP contribution in [0.15, 0.2) is 78.9 Å². The molecule has 26 heavy (non-hydrogen) atoms. The highest BCUT2D eigenvalue weighted by molar-refractivity contribution is 5.92. The number of methoxy groups -OCH3 is 1. The summed E-state index contributed by atoms with van der Waals surface area (Å²) in [6.45, 7) is -0.121. The number of rotatable bonds is 7. The summed E-state index contributed by atoms with van der Waals surface area (Å²) in [6.07, 6.45) is 0. The molecule has 0 aliphatic carbocycles. The highest BCUT2D eigenvalue weighted by Crippen LogP contribution is 2.26. The van der Waals surface area contributed by atoms with E-state index in [2.05, 4.69) is 5.32 Å². The minimum atomic E-state index is -0.271. The highest BCUT2D eigenvalue weighted by atomic mass is 16.5. The zero-order valence-electron chi connectivity index (χ0n) is 14.3. The Hall–Kier alpha value is -3.47. The van der Waals surface area contributed by atoms with Crippen LogP contribution in [0.3, 0.4) is 0 Å². The molecule has 0 bridgehead atoms. The summed E-state index contributed by atoms with van der Waals surface area (Å²) >= 11 is 0. The Kier molecular flexibility index (Phi) is 5.72. The molecule has 0 heterocycles. The molecule has 0 aromatic heterocycles. The normalized spacial score (nSPS) is 10.0. The number of ether oxygens (including phenoxy) is 3. The van der Waals surface area contributed by atoms with E-state index in [1.807, 2.05) is 54.6 Å². The molecule has 3 rings (SSSR count). The molecule has 3 aromatic carbocycles. The SMILES string of the molecule is COc1ccccc1OCC(=O)Nc1cccc(Oc2ccccc2)c1. The number of para-hydroxylation sites is 3. The molecule has 1 N–H and O–H groups in total. The first kappa shape index (κ1) is 17.4. The van der Waals surface area contributed by atoms with Gasteiger partial charge >= 0.3 is 0 Å². The van der Waals surface area contributed by atoms with Crippen molar-refractivity contribution in [2.24, 2.45) is 0 Å². The maximum atomic E-state index is 12.1. The van der Waals surface area contributed by atoms with Crippen molar-refractivity contribution in [3.8, 4) is 23.0 Å². The van der Waals surface area contributed by atoms with E-state index < -0.39 is 0 Å². The molecular formula is C21H19NO4. The van der Waals surface area contributed by atoms with E-state index in [0.29, 0.717) is 22.9 Å². The van der Waals surface area contributed by atoms with Gasteiger partial charge in [-0.2, -0.15) is 0 Å². The number of benzene rings is 3. The average molecular weight is 349 g/mol. The van der Waals surface area contributed by atoms with E-state index >= 15 is 0 Å². The van der Waals surface area contributed by atoms with Gasteiger partial charge in [0.05, 0.1) is 7.11 Å². The van der Waals surface area contributed by atoms with Crippen molar-refractivity contribution in [1.82, 2.24) is 0 Å². The van der Waals surface area contributed by atoms with Gasteiger partial charge in [0.15, 0.2) is 18.1 Å². The molecule has 0 aliphatic heterocycles. The molecule has 132 valence electrons. The fraction of sp³-hybridized carbons (Fsp3) is 0.0952. The van der Waals surface area contributed by atoms with Crippen molar-refractivity contribution in [3.05, 3.63) is 78.9 Å². The number of hydrogen-bond acceptors (Lipinski definition) is 4. The van der Waals surface area contributed by atoms with Crippen LogP contribution >= 0.6 is 0 Å². The quantitative estimate of drug-likeness (QED) is 0.682. The summed E-state index contributed by atoms with van der Waals surface area (Å²) in [4.78, 5) is 12.1. The number of nitrogens with one attached hydrogen (secondary N) is 1. The average Bonchev–Trinajstić information content (AvgIpc) is 2.67. The van der Waals surface area contributed by atoms with Crippen molar-refractivity contribution < 1.29 is 19.0 Å². The van der Waals surface area contributed by atoms with Crippen LogP contribution in [0.2, 0.25) is 0 Å². The van der Waals surface area contributed by atoms with E-state index in [0.717, 1.165) is 5.75 Å². The first-order valence-electron chi connectivity index (χ1n) is 8.13. The topological polar surface area (TPSA) is 56.8 Å². The van der Waals surface area contributed by atoms with Gasteiger partial charge in [-0.15, -0.1) is 0 Å². The summed E-state index contributed by atoms with van der Waals surface area (Å²) < 4.78 is 16.5. The lowest BCUT2D eigenvalue weighted by Crippen LogP contribution is -2.20. The van der Waals surface area contributed by atoms with Crippen LogP contribution in [-0.4, -0.2) is 19.6 Å². The standard InChI is InChI=1S/C21H19NO4/c1-24-19-12-5-6-13-20(19)25-15-21(23)22-16-8-7-11-18(14-16)26-17-9-3-2-4-10-17/h2-14H,15H2,1H3,(H,22,23). The van der Waals surface area contributed by atoms with Crippen molar-refractivity contribution in [2.75, 3.05) is 19.0 Å². The van der Waals surface area contributed by atoms with Crippen LogP contribution in [0.5, 0.6) is 23.0 Å². The Morgan fingerprint density at radius 3 is 2.31 bits per heavy atom. The van der Waals surface area contributed by atoms with Crippen molar-refractivity contribution in [2.45, 2.75) is 0 Å². The van der Waals surface area contributed by atoms with Crippen LogP contribution in [-0.2, 0) is 4.79 Å². The van der Waals surface area contributed by atoms with Gasteiger partial charge in [-0.05, 0) is 36.4 Å². The predicted molar refractivity (Wildman–Crippen MR) is 100 cm³/mol. The minimum Gasteiger partial charge on any atom is -0.493 e. The summed E-state index contributed by atoms with van der Waals surface area (Å²) in [5, 5.41) is 2.79. The molecule has 0 atom stereocenters. The van der Waals surface area contributed by atoms with Gasteiger partial charge in [0, 0.05) is 11.8 Å². The van der Waals surface area contributed by atoms with Crippen LogP contribution < -0.4 is 19.5 Å². The molecule has 0 aliphatic rings. The van der Waals surface area contributed by atoms with Crippen molar-refractivity contribution in [1.29, 1.82) is 0 Å². The maximum Gasteiger partial charge on any atom is 0.262 e. The molecule has 5 heteroatoms. The monoisotopic (exact) mass is 349 g/mol. The van der Waals surface area contributed by atoms with E-state index in [9.17, 15) is 4.79 Å². The van der Waals surface area contributed by atoms with E-state index in [1.165, 1.54) is 0 Å². The molecule has 1 amide bonds. The fourth-order valence-electron chi connectivity index (χ4n) is 2.34. The van der Waals surface area contributed by atoms with Crippen LogP contribution in [0.4, 0.5) is 5.69 Å². The largest absolute Gasteiger partial charge is 0.493 e. The van der Waals surface area contributed by atoms with E-state index in [1.54, 1.807) is 31.4 Å². The lowest BCUT2D eigenvalue weighted by atomic mass is 10.3. The molecule has 3 aromatic rings. The Morgan fingerprint density at radius 1 is 0.846 bits per heavy atom. The van der Waals surface area contributed by atoms with Crippen LogP contribution in [0.1, 0.15) is 0 Å². The van der Waals surface area contributed by atoms with Gasteiger partial charge in [-0.25, -0.2) is 0 Å². The fourth-order valence-corrected chi connectivity index (χ4v) is 2.34. The van der Waals surface area contributed by atoms with Crippen molar-refractivity contribution >= 4 is 11.6 Å². The van der Waals surface area contributed by atoms with Crippen LogP contribution in [0, 0.1) is 0 Å². The lowest BCUT2D eigenvalue weighted by Gasteiger charge is -2.11. The molecule has 5 nitrogen and oxygen atoms in total. The molecule has 0 spiro atoms. The lowest BCUT2D eigenvalue weighted by molar-refractivity contribution is -0.118. The highest BCUT2D eigenvalue weighted by Gasteiger charge is 2.08. The Labute approximate surface area is 152 Å². The number of amides is 1. The third-order valence-electron chi connectivity index (χ3n) is 3.52. The first-order chi connectivity index (χ1) is 12.7. The Balaban J connectivity index is 1.58. The Morgan fingerprint density at radius 2 is 1.54 bits per heavy atom. The van der Waals surface area contributed by atoms with E-state index in [4.69, 9.17) is 14.2 Å². The summed E-state index contributed by atoms with van der Waals surface area (Å²) in [7, 11) is 1.56. The molecule has 0 unspecified atom stereocenters. The number of carbonyl (C=O) groups excluding carboxylic acids is 1. The molecule has 0 fully saturated rings. The second kappa shape index (κ2) is 8.58. The second-order valence-electron chi connectivity index (χ2n) is 5.43. The van der Waals surface area contributed by atoms with Gasteiger partial charge in [0.1, 0.15) is 11.5 Å². The third kappa shape index (κ3) is 4.77. The van der Waals surface area contributed by atoms with Gasteiger partial charge < -0.3 is 19.5 Å². The van der Waals surface area contributed by atoms with Crippen LogP contribution in [0.25, 0.3) is 0 Å². The zero-order valence-corrected chi connectivity index (χ0v) is 14.3. The predicted octanol–water partition coefficient (Wildman–Crippen LogP) is 4.51. The van der Waals surface area contributed by atoms with Gasteiger partial charge in [-0.3, -0.25) is 4.79 Å². The smallest absolute Gasteiger partial charge is 0.262 e. The van der Waals surface area contributed by atoms with Gasteiger partial charge in [0.2, 0.25) is 0 Å². The zero-order chi connectivity index (χ0) is 18.2. The minimum absolute atomic E-state index is 0.121. The molecule has 0 saturated carbocycles. The van der Waals surface area contributed by atoms with E-state index in [-0.39, 0.29) is 12.5 Å². The number of hydrogen-bond donors (Lipinski definition) is 1. The summed E-state index contributed by atoms with van der Waals surface area (Å²) in [5.41, 5.74) is 0.632. The number of anilines is 1. The second-order valence-corrected chi connectivity index (χ2v) is 5.43. The van der Waals surface area contributed by atoms with Gasteiger partial charge in [0.25, 0.3) is 5.91 Å². The number of carbonyl (C=O) groups is 1. The molecule has 0 radical (unpaired) electrons. The summed E-state index contributed by atoms with van der Waals surface area (Å²) in [6, 6.07) is 23.8. The maximum absolute atomic E-state index is 12.1. The molecule has 0 saturated heterocycles.